The van der Waals surface area contributed by atoms with Crippen molar-refractivity contribution in [1.82, 2.24) is 26.6 Å². The molecule has 0 bridgehead atoms. The molecule has 21 heteroatoms. The van der Waals surface area contributed by atoms with Crippen LogP contribution < -0.4 is 26.6 Å². The second-order valence-corrected chi connectivity index (χ2v) is 13.6. The maximum absolute atomic E-state index is 13.6. The maximum Gasteiger partial charge on any atom is 0.407 e. The molecule has 5 N–H and O–H groups in total. The van der Waals surface area contributed by atoms with Gasteiger partial charge in [-0.05, 0) is 29.2 Å². The van der Waals surface area contributed by atoms with Crippen LogP contribution in [0.4, 0.5) is 4.79 Å². The first kappa shape index (κ1) is 47.1. The third kappa shape index (κ3) is 14.0. The van der Waals surface area contributed by atoms with Gasteiger partial charge in [0.2, 0.25) is 23.6 Å². The van der Waals surface area contributed by atoms with E-state index < -0.39 is 117 Å². The van der Waals surface area contributed by atoms with Crippen molar-refractivity contribution in [2.45, 2.75) is 77.3 Å². The molecule has 2 aromatic carbocycles. The van der Waals surface area contributed by atoms with E-state index in [0.717, 1.165) is 49.9 Å². The van der Waals surface area contributed by atoms with E-state index in [9.17, 15) is 43.2 Å². The third-order valence-corrected chi connectivity index (χ3v) is 9.02. The van der Waals surface area contributed by atoms with Crippen molar-refractivity contribution >= 4 is 53.6 Å². The van der Waals surface area contributed by atoms with Crippen LogP contribution in [0.5, 0.6) is 0 Å². The molecule has 330 valence electrons. The van der Waals surface area contributed by atoms with Gasteiger partial charge in [-0.3, -0.25) is 38.4 Å². The quantitative estimate of drug-likeness (QED) is 0.0878. The van der Waals surface area contributed by atoms with Gasteiger partial charge in [0.05, 0.1) is 26.2 Å². The van der Waals surface area contributed by atoms with Crippen LogP contribution in [0, 0.1) is 0 Å². The zero-order valence-electron chi connectivity index (χ0n) is 34.1. The number of esters is 4. The van der Waals surface area contributed by atoms with Gasteiger partial charge in [0.1, 0.15) is 25.4 Å². The predicted molar refractivity (Wildman–Crippen MR) is 208 cm³/mol. The first-order chi connectivity index (χ1) is 29.1. The molecule has 21 nitrogen and oxygen atoms in total. The highest BCUT2D eigenvalue weighted by Gasteiger charge is 2.53. The van der Waals surface area contributed by atoms with Crippen molar-refractivity contribution in [1.29, 1.82) is 0 Å². The molecular formula is C40H49N5O16. The number of likely N-dealkylation sites (N-methyl/N-ethyl adjacent to an activating group) is 1. The number of hydrogen-bond acceptors (Lipinski definition) is 16. The topological polar surface area (TPSA) is 278 Å². The lowest BCUT2D eigenvalue weighted by atomic mass is 9.98. The van der Waals surface area contributed by atoms with Gasteiger partial charge in [-0.2, -0.15) is 0 Å². The van der Waals surface area contributed by atoms with E-state index in [4.69, 9.17) is 33.2 Å². The number of amides is 5. The summed E-state index contributed by atoms with van der Waals surface area (Å²) in [6, 6.07) is 13.6. The Morgan fingerprint density at radius 3 is 1.66 bits per heavy atom. The van der Waals surface area contributed by atoms with Gasteiger partial charge in [-0.15, -0.1) is 0 Å². The van der Waals surface area contributed by atoms with Gasteiger partial charge in [0.25, 0.3) is 0 Å². The largest absolute Gasteiger partial charge is 0.463 e. The SMILES string of the molecule is CCNC(=O)CNC(=O)CNC(=O)CNC(=O)[C@H](CO[C@@H]1O[C@H](COC(C)=O)[C@@H](OC(C)=O)[C@H](OC(C)=O)[C@H]1OC(C)=O)NC(=O)OCC1c2ccccc2-c2ccccc21. The van der Waals surface area contributed by atoms with Crippen LogP contribution in [0.3, 0.4) is 0 Å². The molecule has 2 aliphatic rings. The number of carbonyl (C=O) groups is 9. The second-order valence-electron chi connectivity index (χ2n) is 13.6. The number of hydrogen-bond donors (Lipinski definition) is 5. The van der Waals surface area contributed by atoms with Crippen LogP contribution in [-0.4, -0.2) is 136 Å². The standard InChI is InChI=1S/C40H49N5O16/c1-6-41-32(50)15-42-33(51)16-43-34(52)17-44-38(53)30(45-40(54)57-18-29-27-13-9-7-11-25(27)26-12-8-10-14-28(26)29)19-56-39-37(60-24(5)49)36(59-23(4)48)35(58-22(3)47)31(61-39)20-55-21(2)46/h7-14,29-31,35-37,39H,6,15-20H2,1-5H3,(H,41,50)(H,42,51)(H,43,52)(H,44,53)(H,45,54)/t30-,31+,35+,36-,37+,39+/m0/s1. The zero-order chi connectivity index (χ0) is 44.6. The van der Waals surface area contributed by atoms with Gasteiger partial charge in [-0.25, -0.2) is 4.79 Å². The molecule has 4 rings (SSSR count). The Kier molecular flexibility index (Phi) is 17.5. The fraction of sp³-hybridized carbons (Fsp3) is 0.475. The lowest BCUT2D eigenvalue weighted by Gasteiger charge is -2.44. The van der Waals surface area contributed by atoms with Crippen molar-refractivity contribution in [3.8, 4) is 11.1 Å². The third-order valence-electron chi connectivity index (χ3n) is 9.02. The lowest BCUT2D eigenvalue weighted by Crippen LogP contribution is -2.63. The van der Waals surface area contributed by atoms with Crippen molar-refractivity contribution < 1.29 is 76.3 Å². The molecule has 6 atom stereocenters. The summed E-state index contributed by atoms with van der Waals surface area (Å²) < 4.78 is 38.8. The van der Waals surface area contributed by atoms with Crippen LogP contribution in [0.2, 0.25) is 0 Å². The van der Waals surface area contributed by atoms with Gasteiger partial charge < -0.3 is 59.7 Å². The van der Waals surface area contributed by atoms with Crippen molar-refractivity contribution in [3.05, 3.63) is 59.7 Å². The van der Waals surface area contributed by atoms with Gasteiger partial charge in [-0.1, -0.05) is 48.5 Å². The van der Waals surface area contributed by atoms with E-state index in [1.165, 1.54) is 0 Å². The van der Waals surface area contributed by atoms with Gasteiger partial charge in [0.15, 0.2) is 24.6 Å². The van der Waals surface area contributed by atoms with E-state index in [1.807, 2.05) is 48.5 Å². The highest BCUT2D eigenvalue weighted by Crippen LogP contribution is 2.44. The first-order valence-electron chi connectivity index (χ1n) is 19.2. The van der Waals surface area contributed by atoms with Crippen molar-refractivity contribution in [2.24, 2.45) is 0 Å². The minimum Gasteiger partial charge on any atom is -0.463 e. The molecule has 1 aliphatic carbocycles. The minimum absolute atomic E-state index is 0.140. The number of nitrogens with one attached hydrogen (secondary N) is 5. The number of benzene rings is 2. The van der Waals surface area contributed by atoms with Crippen LogP contribution in [0.25, 0.3) is 11.1 Å². The minimum atomic E-state index is -1.72. The summed E-state index contributed by atoms with van der Waals surface area (Å²) in [5.41, 5.74) is 3.78. The Hall–Kier alpha value is -6.61. The molecule has 1 saturated heterocycles. The van der Waals surface area contributed by atoms with Crippen LogP contribution >= 0.6 is 0 Å². The number of alkyl carbamates (subject to hydrolysis) is 1. The van der Waals surface area contributed by atoms with E-state index in [-0.39, 0.29) is 19.1 Å². The van der Waals surface area contributed by atoms with Crippen LogP contribution in [0.15, 0.2) is 48.5 Å². The molecule has 1 fully saturated rings. The van der Waals surface area contributed by atoms with Crippen molar-refractivity contribution in [3.63, 3.8) is 0 Å². The summed E-state index contributed by atoms with van der Waals surface area (Å²) in [4.78, 5) is 112. The smallest absolute Gasteiger partial charge is 0.407 e. The van der Waals surface area contributed by atoms with Crippen LogP contribution in [-0.2, 0) is 71.5 Å². The molecule has 0 saturated carbocycles. The summed E-state index contributed by atoms with van der Waals surface area (Å²) in [7, 11) is 0. The monoisotopic (exact) mass is 855 g/mol. The summed E-state index contributed by atoms with van der Waals surface area (Å²) >= 11 is 0. The molecule has 2 aromatic rings. The molecule has 0 unspecified atom stereocenters. The molecule has 0 aromatic heterocycles. The summed E-state index contributed by atoms with van der Waals surface area (Å²) in [5.74, 6) is -6.67. The van der Waals surface area contributed by atoms with E-state index >= 15 is 0 Å². The Morgan fingerprint density at radius 1 is 0.607 bits per heavy atom. The molecular weight excluding hydrogens is 806 g/mol. The Bertz CT molecular complexity index is 1910. The maximum atomic E-state index is 13.6. The molecule has 61 heavy (non-hydrogen) atoms. The molecule has 5 amide bonds. The number of fused-ring (bicyclic) bond motifs is 3. The Morgan fingerprint density at radius 2 is 1.11 bits per heavy atom. The van der Waals surface area contributed by atoms with Crippen LogP contribution in [0.1, 0.15) is 51.7 Å². The van der Waals surface area contributed by atoms with Gasteiger partial charge >= 0.3 is 30.0 Å². The molecule has 0 spiro atoms. The summed E-state index contributed by atoms with van der Waals surface area (Å²) in [6.45, 7) is 3.28. The number of ether oxygens (including phenoxy) is 7. The van der Waals surface area contributed by atoms with Crippen molar-refractivity contribution in [2.75, 3.05) is 46.0 Å². The molecule has 1 aliphatic heterocycles. The number of rotatable bonds is 19. The average Bonchev–Trinajstić information content (AvgIpc) is 3.53. The summed E-state index contributed by atoms with van der Waals surface area (Å²) in [6.07, 6.45) is -8.89. The fourth-order valence-corrected chi connectivity index (χ4v) is 6.51. The molecule has 1 heterocycles. The Labute approximate surface area is 350 Å². The first-order valence-corrected chi connectivity index (χ1v) is 19.2. The van der Waals surface area contributed by atoms with E-state index in [0.29, 0.717) is 6.54 Å². The highest BCUT2D eigenvalue weighted by atomic mass is 16.7. The number of carbonyl (C=O) groups excluding carboxylic acids is 9. The zero-order valence-corrected chi connectivity index (χ0v) is 34.1. The lowest BCUT2D eigenvalue weighted by molar-refractivity contribution is -0.308. The molecule has 0 radical (unpaired) electrons. The Balaban J connectivity index is 1.53. The average molecular weight is 856 g/mol. The predicted octanol–water partition coefficient (Wildman–Crippen LogP) is -0.522. The summed E-state index contributed by atoms with van der Waals surface area (Å²) in [5, 5.41) is 11.9. The normalized spacial score (nSPS) is 19.3. The van der Waals surface area contributed by atoms with E-state index in [2.05, 4.69) is 26.6 Å². The highest BCUT2D eigenvalue weighted by molar-refractivity contribution is 5.92. The fourth-order valence-electron chi connectivity index (χ4n) is 6.51. The second kappa shape index (κ2) is 22.7. The van der Waals surface area contributed by atoms with E-state index in [1.54, 1.807) is 6.92 Å². The van der Waals surface area contributed by atoms with Gasteiger partial charge in [0, 0.05) is 40.2 Å².